The molecule has 6 heteroatoms. The number of rotatable bonds is 7. The van der Waals surface area contributed by atoms with Crippen LogP contribution in [-0.2, 0) is 6.54 Å². The molecule has 1 aromatic heterocycles. The van der Waals surface area contributed by atoms with Gasteiger partial charge < -0.3 is 23.9 Å². The standard InChI is InChI=1S/C20H24N2O4/c1-13-5-19-20(6-14(13)2)22(12-21-19)10-15(23)11-26-18-8-16(24-3)7-17(9-18)25-4/h5-9,12,15,23H,10-11H2,1-4H3/t15-/m0/s1. The molecule has 0 aliphatic rings. The molecule has 1 N–H and O–H groups in total. The molecule has 0 amide bonds. The van der Waals surface area contributed by atoms with Crippen molar-refractivity contribution < 1.29 is 19.3 Å². The van der Waals surface area contributed by atoms with Gasteiger partial charge in [0.05, 0.1) is 38.1 Å². The van der Waals surface area contributed by atoms with E-state index in [9.17, 15) is 5.11 Å². The van der Waals surface area contributed by atoms with E-state index in [1.54, 1.807) is 38.7 Å². The number of hydrogen-bond donors (Lipinski definition) is 1. The number of aromatic nitrogens is 2. The highest BCUT2D eigenvalue weighted by atomic mass is 16.5. The van der Waals surface area contributed by atoms with E-state index in [0.717, 1.165) is 11.0 Å². The van der Waals surface area contributed by atoms with Crippen molar-refractivity contribution in [3.8, 4) is 17.2 Å². The second-order valence-corrected chi connectivity index (χ2v) is 6.34. The molecular formula is C20H24N2O4. The van der Waals surface area contributed by atoms with Gasteiger partial charge in [0.15, 0.2) is 0 Å². The Balaban J connectivity index is 1.68. The van der Waals surface area contributed by atoms with Crippen LogP contribution in [0, 0.1) is 13.8 Å². The molecule has 0 bridgehead atoms. The van der Waals surface area contributed by atoms with Gasteiger partial charge in [0.2, 0.25) is 0 Å². The number of nitrogens with zero attached hydrogens (tertiary/aromatic N) is 2. The van der Waals surface area contributed by atoms with Crippen molar-refractivity contribution in [2.24, 2.45) is 0 Å². The van der Waals surface area contributed by atoms with Gasteiger partial charge in [-0.05, 0) is 37.1 Å². The minimum Gasteiger partial charge on any atom is -0.496 e. The summed E-state index contributed by atoms with van der Waals surface area (Å²) < 4.78 is 18.1. The van der Waals surface area contributed by atoms with Gasteiger partial charge in [0.1, 0.15) is 30.0 Å². The molecule has 0 unspecified atom stereocenters. The Morgan fingerprint density at radius 3 is 2.23 bits per heavy atom. The molecule has 0 spiro atoms. The summed E-state index contributed by atoms with van der Waals surface area (Å²) in [6, 6.07) is 9.44. The Kier molecular flexibility index (Phi) is 5.32. The number of aliphatic hydroxyl groups excluding tert-OH is 1. The summed E-state index contributed by atoms with van der Waals surface area (Å²) in [5.41, 5.74) is 4.35. The van der Waals surface area contributed by atoms with Crippen LogP contribution in [0.1, 0.15) is 11.1 Å². The zero-order valence-corrected chi connectivity index (χ0v) is 15.5. The molecule has 0 saturated heterocycles. The Hall–Kier alpha value is -2.73. The second kappa shape index (κ2) is 7.66. The van der Waals surface area contributed by atoms with E-state index in [0.29, 0.717) is 23.8 Å². The summed E-state index contributed by atoms with van der Waals surface area (Å²) in [4.78, 5) is 4.42. The molecule has 3 rings (SSSR count). The van der Waals surface area contributed by atoms with Crippen LogP contribution in [0.5, 0.6) is 17.2 Å². The number of aliphatic hydroxyl groups is 1. The average Bonchev–Trinajstić information content (AvgIpc) is 3.01. The maximum absolute atomic E-state index is 10.4. The van der Waals surface area contributed by atoms with Gasteiger partial charge in [0, 0.05) is 18.2 Å². The van der Waals surface area contributed by atoms with E-state index >= 15 is 0 Å². The lowest BCUT2D eigenvalue weighted by atomic mass is 10.1. The SMILES string of the molecule is COc1cc(OC)cc(OC[C@@H](O)Cn2cnc3cc(C)c(C)cc32)c1. The first-order valence-electron chi connectivity index (χ1n) is 8.46. The quantitative estimate of drug-likeness (QED) is 0.705. The Bertz CT molecular complexity index is 882. The Morgan fingerprint density at radius 1 is 0.962 bits per heavy atom. The fourth-order valence-corrected chi connectivity index (χ4v) is 2.80. The number of imidazole rings is 1. The predicted octanol–water partition coefficient (Wildman–Crippen LogP) is 3.11. The zero-order valence-electron chi connectivity index (χ0n) is 15.5. The summed E-state index contributed by atoms with van der Waals surface area (Å²) in [5.74, 6) is 1.86. The normalized spacial score (nSPS) is 12.2. The highest BCUT2D eigenvalue weighted by Crippen LogP contribution is 2.27. The lowest BCUT2D eigenvalue weighted by molar-refractivity contribution is 0.0931. The van der Waals surface area contributed by atoms with Crippen molar-refractivity contribution >= 4 is 11.0 Å². The van der Waals surface area contributed by atoms with Gasteiger partial charge >= 0.3 is 0 Å². The number of hydrogen-bond acceptors (Lipinski definition) is 5. The van der Waals surface area contributed by atoms with Gasteiger partial charge in [0.25, 0.3) is 0 Å². The fraction of sp³-hybridized carbons (Fsp3) is 0.350. The van der Waals surface area contributed by atoms with Gasteiger partial charge in [-0.25, -0.2) is 4.98 Å². The molecule has 138 valence electrons. The number of ether oxygens (including phenoxy) is 3. The van der Waals surface area contributed by atoms with Crippen molar-refractivity contribution in [3.63, 3.8) is 0 Å². The maximum Gasteiger partial charge on any atom is 0.126 e. The smallest absolute Gasteiger partial charge is 0.126 e. The van der Waals surface area contributed by atoms with Gasteiger partial charge in [-0.1, -0.05) is 0 Å². The zero-order chi connectivity index (χ0) is 18.7. The molecule has 2 aromatic carbocycles. The number of methoxy groups -OCH3 is 2. The van der Waals surface area contributed by atoms with Crippen LogP contribution < -0.4 is 14.2 Å². The minimum absolute atomic E-state index is 0.154. The summed E-state index contributed by atoms with van der Waals surface area (Å²) >= 11 is 0. The molecule has 6 nitrogen and oxygen atoms in total. The van der Waals surface area contributed by atoms with E-state index in [-0.39, 0.29) is 6.61 Å². The molecule has 26 heavy (non-hydrogen) atoms. The molecule has 1 heterocycles. The van der Waals surface area contributed by atoms with Crippen LogP contribution in [0.4, 0.5) is 0 Å². The third-order valence-corrected chi connectivity index (χ3v) is 4.41. The summed E-state index contributed by atoms with van der Waals surface area (Å²) in [6.45, 7) is 4.70. The van der Waals surface area contributed by atoms with Crippen molar-refractivity contribution in [1.29, 1.82) is 0 Å². The lowest BCUT2D eigenvalue weighted by Crippen LogP contribution is -2.23. The molecule has 3 aromatic rings. The summed E-state index contributed by atoms with van der Waals surface area (Å²) in [7, 11) is 3.17. The number of fused-ring (bicyclic) bond motifs is 1. The first-order chi connectivity index (χ1) is 12.5. The number of benzene rings is 2. The summed E-state index contributed by atoms with van der Waals surface area (Å²) in [6.07, 6.45) is 1.08. The highest BCUT2D eigenvalue weighted by molar-refractivity contribution is 5.77. The van der Waals surface area contributed by atoms with E-state index in [4.69, 9.17) is 14.2 Å². The first kappa shape index (κ1) is 18.1. The van der Waals surface area contributed by atoms with Gasteiger partial charge in [-0.3, -0.25) is 0 Å². The Morgan fingerprint density at radius 2 is 1.58 bits per heavy atom. The van der Waals surface area contributed by atoms with Gasteiger partial charge in [-0.15, -0.1) is 0 Å². The van der Waals surface area contributed by atoms with Crippen molar-refractivity contribution in [1.82, 2.24) is 9.55 Å². The number of aryl methyl sites for hydroxylation is 2. The minimum atomic E-state index is -0.675. The van der Waals surface area contributed by atoms with Crippen LogP contribution in [-0.4, -0.2) is 41.6 Å². The molecular weight excluding hydrogens is 332 g/mol. The molecule has 0 aliphatic carbocycles. The van der Waals surface area contributed by atoms with Crippen LogP contribution in [0.3, 0.4) is 0 Å². The molecule has 1 atom stereocenters. The first-order valence-corrected chi connectivity index (χ1v) is 8.46. The largest absolute Gasteiger partial charge is 0.496 e. The second-order valence-electron chi connectivity index (χ2n) is 6.34. The summed E-state index contributed by atoms with van der Waals surface area (Å²) in [5, 5.41) is 10.4. The van der Waals surface area contributed by atoms with E-state index < -0.39 is 6.10 Å². The monoisotopic (exact) mass is 356 g/mol. The lowest BCUT2D eigenvalue weighted by Gasteiger charge is -2.15. The Labute approximate surface area is 152 Å². The van der Waals surface area contributed by atoms with E-state index in [2.05, 4.69) is 31.0 Å². The average molecular weight is 356 g/mol. The fourth-order valence-electron chi connectivity index (χ4n) is 2.80. The van der Waals surface area contributed by atoms with E-state index in [1.807, 2.05) is 4.57 Å². The third-order valence-electron chi connectivity index (χ3n) is 4.41. The van der Waals surface area contributed by atoms with Crippen LogP contribution in [0.2, 0.25) is 0 Å². The van der Waals surface area contributed by atoms with Gasteiger partial charge in [-0.2, -0.15) is 0 Å². The predicted molar refractivity (Wildman–Crippen MR) is 100 cm³/mol. The molecule has 0 saturated carbocycles. The van der Waals surface area contributed by atoms with Crippen molar-refractivity contribution in [3.05, 3.63) is 47.8 Å². The third kappa shape index (κ3) is 3.91. The van der Waals surface area contributed by atoms with Crippen molar-refractivity contribution in [2.75, 3.05) is 20.8 Å². The van der Waals surface area contributed by atoms with Crippen LogP contribution in [0.25, 0.3) is 11.0 Å². The topological polar surface area (TPSA) is 65.7 Å². The maximum atomic E-state index is 10.4. The van der Waals surface area contributed by atoms with Crippen molar-refractivity contribution in [2.45, 2.75) is 26.5 Å². The highest BCUT2D eigenvalue weighted by Gasteiger charge is 2.11. The van der Waals surface area contributed by atoms with Crippen LogP contribution in [0.15, 0.2) is 36.7 Å². The van der Waals surface area contributed by atoms with E-state index in [1.165, 1.54) is 11.1 Å². The van der Waals surface area contributed by atoms with Crippen LogP contribution >= 0.6 is 0 Å². The molecule has 0 radical (unpaired) electrons. The molecule has 0 aliphatic heterocycles. The molecule has 0 fully saturated rings.